The van der Waals surface area contributed by atoms with Crippen LogP contribution in [0.2, 0.25) is 0 Å². The van der Waals surface area contributed by atoms with Gasteiger partial charge in [0.2, 0.25) is 0 Å². The highest BCUT2D eigenvalue weighted by Gasteiger charge is 2.27. The van der Waals surface area contributed by atoms with E-state index in [2.05, 4.69) is 35.2 Å². The Kier molecular flexibility index (Phi) is 6.63. The number of aryl methyl sites for hydroxylation is 1. The predicted octanol–water partition coefficient (Wildman–Crippen LogP) is 4.28. The van der Waals surface area contributed by atoms with Crippen molar-refractivity contribution in [2.45, 2.75) is 51.4 Å². The summed E-state index contributed by atoms with van der Waals surface area (Å²) in [5, 5.41) is 0. The number of carbonyl (C=O) groups is 1. The third-order valence-corrected chi connectivity index (χ3v) is 6.16. The molecule has 0 saturated carbocycles. The quantitative estimate of drug-likeness (QED) is 0.761. The van der Waals surface area contributed by atoms with Crippen LogP contribution in [0.25, 0.3) is 0 Å². The average molecular weight is 393 g/mol. The lowest BCUT2D eigenvalue weighted by Gasteiger charge is -2.37. The van der Waals surface area contributed by atoms with Gasteiger partial charge in [0, 0.05) is 38.3 Å². The van der Waals surface area contributed by atoms with Gasteiger partial charge in [0.1, 0.15) is 0 Å². The van der Waals surface area contributed by atoms with Gasteiger partial charge in [0.05, 0.1) is 12.2 Å². The number of hydrogen-bond donors (Lipinski definition) is 0. The van der Waals surface area contributed by atoms with E-state index in [1.54, 1.807) is 0 Å². The summed E-state index contributed by atoms with van der Waals surface area (Å²) in [4.78, 5) is 17.2. The number of piperidine rings is 2. The summed E-state index contributed by atoms with van der Waals surface area (Å²) in [5.41, 5.74) is 3.32. The third-order valence-electron chi connectivity index (χ3n) is 6.16. The lowest BCUT2D eigenvalue weighted by atomic mass is 10.0. The second kappa shape index (κ2) is 9.55. The van der Waals surface area contributed by atoms with E-state index in [4.69, 9.17) is 4.74 Å². The summed E-state index contributed by atoms with van der Waals surface area (Å²) in [6.45, 7) is 6.86. The van der Waals surface area contributed by atoms with Crippen LogP contribution in [-0.4, -0.2) is 54.1 Å². The fourth-order valence-electron chi connectivity index (χ4n) is 4.47. The zero-order valence-electron chi connectivity index (χ0n) is 17.4. The maximum absolute atomic E-state index is 12.7. The number of carbonyl (C=O) groups excluding carboxylic acids is 1. The smallest absolute Gasteiger partial charge is 0.253 e. The van der Waals surface area contributed by atoms with Gasteiger partial charge in [-0.2, -0.15) is 0 Å². The summed E-state index contributed by atoms with van der Waals surface area (Å²) >= 11 is 0. The zero-order chi connectivity index (χ0) is 20.1. The van der Waals surface area contributed by atoms with Crippen molar-refractivity contribution in [1.29, 1.82) is 0 Å². The van der Waals surface area contributed by atoms with E-state index in [9.17, 15) is 4.79 Å². The third kappa shape index (κ3) is 5.46. The molecule has 0 bridgehead atoms. The topological polar surface area (TPSA) is 32.8 Å². The van der Waals surface area contributed by atoms with Crippen molar-refractivity contribution >= 4 is 5.91 Å². The molecule has 0 aromatic heterocycles. The van der Waals surface area contributed by atoms with Crippen LogP contribution in [0.15, 0.2) is 54.6 Å². The Hall–Kier alpha value is -2.17. The van der Waals surface area contributed by atoms with E-state index in [1.807, 2.05) is 36.1 Å². The fourth-order valence-corrected chi connectivity index (χ4v) is 4.47. The SMILES string of the molecule is Cc1cccc(C(=O)N2CCC(OC3CCN(Cc4ccccc4)CC3)CC2)c1. The summed E-state index contributed by atoms with van der Waals surface area (Å²) in [5.74, 6) is 0.154. The molecule has 0 radical (unpaired) electrons. The molecule has 154 valence electrons. The minimum atomic E-state index is 0.154. The van der Waals surface area contributed by atoms with Crippen molar-refractivity contribution in [2.75, 3.05) is 26.2 Å². The first-order valence-corrected chi connectivity index (χ1v) is 10.9. The normalized spacial score (nSPS) is 19.4. The van der Waals surface area contributed by atoms with Gasteiger partial charge in [-0.25, -0.2) is 0 Å². The molecule has 0 N–H and O–H groups in total. The number of nitrogens with zero attached hydrogens (tertiary/aromatic N) is 2. The maximum Gasteiger partial charge on any atom is 0.253 e. The van der Waals surface area contributed by atoms with Crippen LogP contribution < -0.4 is 0 Å². The molecule has 4 nitrogen and oxygen atoms in total. The second-order valence-electron chi connectivity index (χ2n) is 8.46. The van der Waals surface area contributed by atoms with Crippen molar-refractivity contribution in [1.82, 2.24) is 9.80 Å². The number of amides is 1. The largest absolute Gasteiger partial charge is 0.375 e. The molecule has 2 aliphatic rings. The number of likely N-dealkylation sites (tertiary alicyclic amines) is 2. The molecule has 0 aliphatic carbocycles. The Labute approximate surface area is 174 Å². The predicted molar refractivity (Wildman–Crippen MR) is 116 cm³/mol. The van der Waals surface area contributed by atoms with Crippen LogP contribution in [0.5, 0.6) is 0 Å². The van der Waals surface area contributed by atoms with Gasteiger partial charge >= 0.3 is 0 Å². The second-order valence-corrected chi connectivity index (χ2v) is 8.46. The molecular weight excluding hydrogens is 360 g/mol. The van der Waals surface area contributed by atoms with Crippen molar-refractivity contribution in [3.05, 3.63) is 71.3 Å². The van der Waals surface area contributed by atoms with Crippen molar-refractivity contribution in [2.24, 2.45) is 0 Å². The molecule has 29 heavy (non-hydrogen) atoms. The molecule has 0 unspecified atom stereocenters. The molecule has 1 amide bonds. The van der Waals surface area contributed by atoms with Crippen LogP contribution in [-0.2, 0) is 11.3 Å². The van der Waals surface area contributed by atoms with Crippen LogP contribution in [0, 0.1) is 6.92 Å². The van der Waals surface area contributed by atoms with Crippen LogP contribution in [0.1, 0.15) is 47.2 Å². The first kappa shape index (κ1) is 20.1. The van der Waals surface area contributed by atoms with E-state index in [0.717, 1.165) is 69.5 Å². The molecule has 2 saturated heterocycles. The number of ether oxygens (including phenoxy) is 1. The Morgan fingerprint density at radius 3 is 2.21 bits per heavy atom. The van der Waals surface area contributed by atoms with Gasteiger partial charge in [-0.1, -0.05) is 48.0 Å². The molecule has 2 aromatic carbocycles. The van der Waals surface area contributed by atoms with Gasteiger partial charge in [0.15, 0.2) is 0 Å². The Morgan fingerprint density at radius 1 is 0.897 bits per heavy atom. The first-order valence-electron chi connectivity index (χ1n) is 10.9. The highest BCUT2D eigenvalue weighted by Crippen LogP contribution is 2.23. The van der Waals surface area contributed by atoms with E-state index in [1.165, 1.54) is 5.56 Å². The number of benzene rings is 2. The van der Waals surface area contributed by atoms with E-state index in [0.29, 0.717) is 12.2 Å². The standard InChI is InChI=1S/C25H32N2O2/c1-20-6-5-9-22(18-20)25(28)27-16-12-24(13-17-27)29-23-10-14-26(15-11-23)19-21-7-3-2-4-8-21/h2-9,18,23-24H,10-17,19H2,1H3. The fraction of sp³-hybridized carbons (Fsp3) is 0.480. The van der Waals surface area contributed by atoms with Crippen LogP contribution in [0.3, 0.4) is 0 Å². The maximum atomic E-state index is 12.7. The highest BCUT2D eigenvalue weighted by atomic mass is 16.5. The Morgan fingerprint density at radius 2 is 1.55 bits per heavy atom. The zero-order valence-corrected chi connectivity index (χ0v) is 17.4. The minimum absolute atomic E-state index is 0.154. The lowest BCUT2D eigenvalue weighted by molar-refractivity contribution is -0.0629. The molecule has 2 aromatic rings. The summed E-state index contributed by atoms with van der Waals surface area (Å²) < 4.78 is 6.42. The van der Waals surface area contributed by atoms with Gasteiger partial charge in [0.25, 0.3) is 5.91 Å². The monoisotopic (exact) mass is 392 g/mol. The van der Waals surface area contributed by atoms with E-state index >= 15 is 0 Å². The summed E-state index contributed by atoms with van der Waals surface area (Å²) in [7, 11) is 0. The van der Waals surface area contributed by atoms with Crippen molar-refractivity contribution < 1.29 is 9.53 Å². The highest BCUT2D eigenvalue weighted by molar-refractivity contribution is 5.94. The summed E-state index contributed by atoms with van der Waals surface area (Å²) in [6.07, 6.45) is 4.77. The number of hydrogen-bond acceptors (Lipinski definition) is 3. The average Bonchev–Trinajstić information content (AvgIpc) is 2.76. The Balaban J connectivity index is 1.19. The number of rotatable bonds is 5. The van der Waals surface area contributed by atoms with Gasteiger partial charge < -0.3 is 9.64 Å². The van der Waals surface area contributed by atoms with Gasteiger partial charge in [-0.05, 0) is 50.3 Å². The molecule has 2 heterocycles. The van der Waals surface area contributed by atoms with Gasteiger partial charge in [-0.3, -0.25) is 9.69 Å². The molecular formula is C25H32N2O2. The molecule has 0 spiro atoms. The van der Waals surface area contributed by atoms with E-state index in [-0.39, 0.29) is 5.91 Å². The molecule has 4 heteroatoms. The van der Waals surface area contributed by atoms with E-state index < -0.39 is 0 Å². The lowest BCUT2D eigenvalue weighted by Crippen LogP contribution is -2.43. The van der Waals surface area contributed by atoms with Crippen LogP contribution >= 0.6 is 0 Å². The summed E-state index contributed by atoms with van der Waals surface area (Å²) in [6, 6.07) is 18.6. The molecule has 4 rings (SSSR count). The van der Waals surface area contributed by atoms with Crippen molar-refractivity contribution in [3.8, 4) is 0 Å². The first-order chi connectivity index (χ1) is 14.2. The Bertz CT molecular complexity index is 791. The van der Waals surface area contributed by atoms with Crippen LogP contribution in [0.4, 0.5) is 0 Å². The molecule has 2 aliphatic heterocycles. The molecule has 2 fully saturated rings. The molecule has 0 atom stereocenters. The minimum Gasteiger partial charge on any atom is -0.375 e. The van der Waals surface area contributed by atoms with Gasteiger partial charge in [-0.15, -0.1) is 0 Å². The van der Waals surface area contributed by atoms with Crippen molar-refractivity contribution in [3.63, 3.8) is 0 Å².